The molecule has 0 amide bonds. The number of aliphatic imine (C=N–C) groups is 1. The first-order valence-electron chi connectivity index (χ1n) is 9.52. The van der Waals surface area contributed by atoms with Crippen LogP contribution in [0.15, 0.2) is 81.5 Å². The molecule has 0 fully saturated rings. The monoisotopic (exact) mass is 405 g/mol. The summed E-state index contributed by atoms with van der Waals surface area (Å²) >= 11 is 1.62. The van der Waals surface area contributed by atoms with Crippen LogP contribution in [0.3, 0.4) is 0 Å². The maximum atomic E-state index is 13.4. The van der Waals surface area contributed by atoms with Crippen LogP contribution in [0.5, 0.6) is 0 Å². The van der Waals surface area contributed by atoms with Crippen LogP contribution >= 0.6 is 11.8 Å². The SMILES string of the molecule is CCOCCC(=O)c1ccc2c(c1)N=C(c1ccc(F)cc1)c1ccccc1S2. The van der Waals surface area contributed by atoms with E-state index in [2.05, 4.69) is 6.07 Å². The van der Waals surface area contributed by atoms with Crippen molar-refractivity contribution in [2.75, 3.05) is 13.2 Å². The number of fused-ring (bicyclic) bond motifs is 2. The van der Waals surface area contributed by atoms with Crippen LogP contribution < -0.4 is 0 Å². The van der Waals surface area contributed by atoms with Crippen molar-refractivity contribution in [2.45, 2.75) is 23.1 Å². The first-order valence-corrected chi connectivity index (χ1v) is 10.3. The van der Waals surface area contributed by atoms with Crippen molar-refractivity contribution >= 4 is 28.9 Å². The molecule has 0 N–H and O–H groups in total. The van der Waals surface area contributed by atoms with Crippen LogP contribution in [-0.2, 0) is 4.74 Å². The van der Waals surface area contributed by atoms with Gasteiger partial charge in [0.25, 0.3) is 0 Å². The molecule has 0 aliphatic carbocycles. The summed E-state index contributed by atoms with van der Waals surface area (Å²) in [6.07, 6.45) is 0.342. The third-order valence-corrected chi connectivity index (χ3v) is 5.81. The predicted octanol–water partition coefficient (Wildman–Crippen LogP) is 6.07. The van der Waals surface area contributed by atoms with Crippen LogP contribution in [0.2, 0.25) is 0 Å². The minimum Gasteiger partial charge on any atom is -0.381 e. The van der Waals surface area contributed by atoms with Crippen molar-refractivity contribution < 1.29 is 13.9 Å². The number of carbonyl (C=O) groups excluding carboxylic acids is 1. The molecule has 0 saturated carbocycles. The number of Topliss-reactive ketones (excluding diaryl/α,β-unsaturated/α-hetero) is 1. The molecule has 0 atom stereocenters. The van der Waals surface area contributed by atoms with Gasteiger partial charge in [-0.25, -0.2) is 9.38 Å². The quantitative estimate of drug-likeness (QED) is 0.289. The van der Waals surface area contributed by atoms with Crippen LogP contribution in [0.4, 0.5) is 10.1 Å². The second-order valence-corrected chi connectivity index (χ2v) is 7.70. The first-order chi connectivity index (χ1) is 14.2. The number of nitrogens with zero attached hydrogens (tertiary/aromatic N) is 1. The number of ether oxygens (including phenoxy) is 1. The standard InChI is InChI=1S/C24H20FNO2S/c1-2-28-14-13-21(27)17-9-12-23-20(15-17)26-24(16-7-10-18(25)11-8-16)19-5-3-4-6-22(19)29-23/h3-12,15H,2,13-14H2,1H3. The Morgan fingerprint density at radius 2 is 1.83 bits per heavy atom. The minimum atomic E-state index is -0.284. The molecule has 1 aliphatic rings. The zero-order valence-corrected chi connectivity index (χ0v) is 16.8. The van der Waals surface area contributed by atoms with E-state index in [1.165, 1.54) is 12.1 Å². The third kappa shape index (κ3) is 4.31. The van der Waals surface area contributed by atoms with E-state index in [1.54, 1.807) is 23.9 Å². The van der Waals surface area contributed by atoms with Gasteiger partial charge in [0.2, 0.25) is 0 Å². The fourth-order valence-electron chi connectivity index (χ4n) is 3.20. The van der Waals surface area contributed by atoms with E-state index in [0.717, 1.165) is 32.3 Å². The molecule has 3 aromatic carbocycles. The van der Waals surface area contributed by atoms with Gasteiger partial charge in [-0.2, -0.15) is 0 Å². The van der Waals surface area contributed by atoms with E-state index in [4.69, 9.17) is 9.73 Å². The highest BCUT2D eigenvalue weighted by molar-refractivity contribution is 7.99. The smallest absolute Gasteiger partial charge is 0.165 e. The maximum Gasteiger partial charge on any atom is 0.165 e. The van der Waals surface area contributed by atoms with Crippen LogP contribution in [-0.4, -0.2) is 24.7 Å². The number of ketones is 1. The van der Waals surface area contributed by atoms with Gasteiger partial charge in [0.15, 0.2) is 5.78 Å². The van der Waals surface area contributed by atoms with E-state index in [-0.39, 0.29) is 11.6 Å². The Bertz CT molecular complexity index is 1080. The van der Waals surface area contributed by atoms with Gasteiger partial charge in [-0.15, -0.1) is 0 Å². The average molecular weight is 405 g/mol. The van der Waals surface area contributed by atoms with Crippen molar-refractivity contribution in [2.24, 2.45) is 4.99 Å². The van der Waals surface area contributed by atoms with E-state index in [0.29, 0.717) is 25.2 Å². The molecule has 0 saturated heterocycles. The average Bonchev–Trinajstić information content (AvgIpc) is 2.90. The maximum absolute atomic E-state index is 13.4. The van der Waals surface area contributed by atoms with Crippen molar-refractivity contribution in [3.63, 3.8) is 0 Å². The van der Waals surface area contributed by atoms with Gasteiger partial charge in [0, 0.05) is 39.5 Å². The lowest BCUT2D eigenvalue weighted by Gasteiger charge is -2.08. The Kier molecular flexibility index (Phi) is 5.88. The first kappa shape index (κ1) is 19.6. The zero-order chi connectivity index (χ0) is 20.2. The van der Waals surface area contributed by atoms with Crippen molar-refractivity contribution in [1.29, 1.82) is 0 Å². The summed E-state index contributed by atoms with van der Waals surface area (Å²) < 4.78 is 18.7. The molecule has 3 nitrogen and oxygen atoms in total. The lowest BCUT2D eigenvalue weighted by atomic mass is 10.0. The van der Waals surface area contributed by atoms with Crippen LogP contribution in [0, 0.1) is 5.82 Å². The second-order valence-electron chi connectivity index (χ2n) is 6.62. The molecule has 1 aliphatic heterocycles. The Hall–Kier alpha value is -2.76. The summed E-state index contributed by atoms with van der Waals surface area (Å²) in [5, 5.41) is 0. The highest BCUT2D eigenvalue weighted by atomic mass is 32.2. The molecule has 5 heteroatoms. The Labute approximate surface area is 173 Å². The van der Waals surface area contributed by atoms with E-state index in [9.17, 15) is 9.18 Å². The summed E-state index contributed by atoms with van der Waals surface area (Å²) in [5.74, 6) is -0.250. The highest BCUT2D eigenvalue weighted by Crippen LogP contribution is 2.41. The molecule has 1 heterocycles. The summed E-state index contributed by atoms with van der Waals surface area (Å²) in [5.41, 5.74) is 3.96. The summed E-state index contributed by atoms with van der Waals surface area (Å²) in [7, 11) is 0. The molecule has 0 radical (unpaired) electrons. The number of benzene rings is 3. The molecular weight excluding hydrogens is 385 g/mol. The minimum absolute atomic E-state index is 0.0338. The molecule has 0 spiro atoms. The fourth-order valence-corrected chi connectivity index (χ4v) is 4.20. The third-order valence-electron chi connectivity index (χ3n) is 4.67. The Morgan fingerprint density at radius 3 is 2.62 bits per heavy atom. The largest absolute Gasteiger partial charge is 0.381 e. The Morgan fingerprint density at radius 1 is 1.03 bits per heavy atom. The topological polar surface area (TPSA) is 38.7 Å². The molecule has 4 rings (SSSR count). The summed E-state index contributed by atoms with van der Waals surface area (Å²) in [4.78, 5) is 19.5. The van der Waals surface area contributed by atoms with Gasteiger partial charge in [-0.1, -0.05) is 36.0 Å². The molecule has 3 aromatic rings. The van der Waals surface area contributed by atoms with Gasteiger partial charge in [0.05, 0.1) is 18.0 Å². The molecular formula is C24H20FNO2S. The number of halogens is 1. The predicted molar refractivity (Wildman–Crippen MR) is 114 cm³/mol. The van der Waals surface area contributed by atoms with Gasteiger partial charge in [-0.05, 0) is 49.4 Å². The number of hydrogen-bond donors (Lipinski definition) is 0. The van der Waals surface area contributed by atoms with Crippen LogP contribution in [0.25, 0.3) is 0 Å². The van der Waals surface area contributed by atoms with E-state index >= 15 is 0 Å². The van der Waals surface area contributed by atoms with Gasteiger partial charge >= 0.3 is 0 Å². The molecule has 0 aromatic heterocycles. The molecule has 0 unspecified atom stereocenters. The van der Waals surface area contributed by atoms with E-state index < -0.39 is 0 Å². The van der Waals surface area contributed by atoms with Crippen molar-refractivity contribution in [1.82, 2.24) is 0 Å². The summed E-state index contributed by atoms with van der Waals surface area (Å²) in [6, 6.07) is 20.0. The highest BCUT2D eigenvalue weighted by Gasteiger charge is 2.20. The van der Waals surface area contributed by atoms with E-state index in [1.807, 2.05) is 43.3 Å². The molecule has 29 heavy (non-hydrogen) atoms. The molecule has 146 valence electrons. The number of hydrogen-bond acceptors (Lipinski definition) is 4. The number of carbonyl (C=O) groups is 1. The second kappa shape index (κ2) is 8.72. The number of rotatable bonds is 6. The van der Waals surface area contributed by atoms with Gasteiger partial charge < -0.3 is 4.74 Å². The Balaban J connectivity index is 1.78. The van der Waals surface area contributed by atoms with Crippen molar-refractivity contribution in [3.05, 3.63) is 89.2 Å². The van der Waals surface area contributed by atoms with Crippen LogP contribution in [0.1, 0.15) is 34.8 Å². The van der Waals surface area contributed by atoms with Crippen molar-refractivity contribution in [3.8, 4) is 0 Å². The van der Waals surface area contributed by atoms with Gasteiger partial charge in [-0.3, -0.25) is 4.79 Å². The zero-order valence-electron chi connectivity index (χ0n) is 16.0. The normalized spacial score (nSPS) is 12.6. The lowest BCUT2D eigenvalue weighted by molar-refractivity contribution is 0.0896. The fraction of sp³-hybridized carbons (Fsp3) is 0.167. The summed E-state index contributed by atoms with van der Waals surface area (Å²) in [6.45, 7) is 2.92. The lowest BCUT2D eigenvalue weighted by Crippen LogP contribution is -2.05. The molecule has 0 bridgehead atoms. The van der Waals surface area contributed by atoms with Gasteiger partial charge in [0.1, 0.15) is 5.82 Å².